The van der Waals surface area contributed by atoms with E-state index in [1.54, 1.807) is 42.5 Å². The number of oxime groups is 1. The molecule has 0 unspecified atom stereocenters. The molecule has 20 heavy (non-hydrogen) atoms. The Kier molecular flexibility index (Phi) is 4.10. The number of nitrogens with zero attached hydrogens (tertiary/aromatic N) is 2. The van der Waals surface area contributed by atoms with E-state index < -0.39 is 4.92 Å². The van der Waals surface area contributed by atoms with Crippen LogP contribution in [-0.4, -0.2) is 16.3 Å². The second-order valence-corrected chi connectivity index (χ2v) is 3.86. The average Bonchev–Trinajstić information content (AvgIpc) is 2.47. The molecule has 0 saturated carbocycles. The maximum Gasteiger partial charge on any atom is 0.284 e. The van der Waals surface area contributed by atoms with Crippen molar-refractivity contribution in [1.29, 1.82) is 0 Å². The lowest BCUT2D eigenvalue weighted by molar-refractivity contribution is -0.385. The minimum atomic E-state index is -0.467. The summed E-state index contributed by atoms with van der Waals surface area (Å²) in [5.41, 5.74) is 1.58. The number of hydrogen-bond donors (Lipinski definition) is 1. The van der Waals surface area contributed by atoms with Gasteiger partial charge in [0, 0.05) is 17.2 Å². The topological polar surface area (TPSA) is 75.7 Å². The summed E-state index contributed by atoms with van der Waals surface area (Å²) in [5, 5.41) is 22.4. The van der Waals surface area contributed by atoms with Gasteiger partial charge in [-0.2, -0.15) is 0 Å². The molecule has 0 atom stereocenters. The summed E-state index contributed by atoms with van der Waals surface area (Å²) in [6, 6.07) is 13.3. The van der Waals surface area contributed by atoms with Crippen LogP contribution in [-0.2, 0) is 0 Å². The Morgan fingerprint density at radius 3 is 2.35 bits per heavy atom. The number of nitro benzene ring substituents is 1. The molecule has 2 rings (SSSR count). The fraction of sp³-hybridized carbons (Fsp3) is 0. The van der Waals surface area contributed by atoms with E-state index in [1.807, 2.05) is 0 Å². The number of para-hydroxylation sites is 1. The molecule has 0 aliphatic carbocycles. The second-order valence-electron chi connectivity index (χ2n) is 3.86. The monoisotopic (exact) mass is 266 g/mol. The van der Waals surface area contributed by atoms with Crippen molar-refractivity contribution >= 4 is 11.9 Å². The Balaban J connectivity index is 2.44. The molecule has 0 aliphatic heterocycles. The van der Waals surface area contributed by atoms with Crippen LogP contribution in [0, 0.1) is 22.0 Å². The van der Waals surface area contributed by atoms with Crippen LogP contribution in [0.4, 0.5) is 5.69 Å². The van der Waals surface area contributed by atoms with Crippen molar-refractivity contribution in [3.8, 4) is 11.8 Å². The van der Waals surface area contributed by atoms with E-state index in [9.17, 15) is 10.1 Å². The largest absolute Gasteiger partial charge is 0.411 e. The zero-order chi connectivity index (χ0) is 14.4. The minimum absolute atomic E-state index is 0.0340. The molecule has 2 aromatic rings. The molecule has 0 spiro atoms. The minimum Gasteiger partial charge on any atom is -0.411 e. The van der Waals surface area contributed by atoms with E-state index in [2.05, 4.69) is 17.0 Å². The third-order valence-corrected chi connectivity index (χ3v) is 2.59. The lowest BCUT2D eigenvalue weighted by atomic mass is 10.1. The Morgan fingerprint density at radius 1 is 1.05 bits per heavy atom. The zero-order valence-electron chi connectivity index (χ0n) is 10.4. The van der Waals surface area contributed by atoms with Gasteiger partial charge < -0.3 is 5.21 Å². The Hall–Kier alpha value is -3.13. The van der Waals surface area contributed by atoms with Crippen molar-refractivity contribution in [3.63, 3.8) is 0 Å². The molecule has 0 bridgehead atoms. The fourth-order valence-electron chi connectivity index (χ4n) is 1.66. The van der Waals surface area contributed by atoms with Gasteiger partial charge in [-0.3, -0.25) is 10.1 Å². The molecule has 0 heterocycles. The van der Waals surface area contributed by atoms with E-state index in [1.165, 1.54) is 12.3 Å². The van der Waals surface area contributed by atoms with Gasteiger partial charge in [-0.25, -0.2) is 0 Å². The average molecular weight is 266 g/mol. The normalized spacial score (nSPS) is 10.0. The zero-order valence-corrected chi connectivity index (χ0v) is 10.4. The first kappa shape index (κ1) is 13.3. The summed E-state index contributed by atoms with van der Waals surface area (Å²) in [6.07, 6.45) is 1.27. The van der Waals surface area contributed by atoms with Crippen LogP contribution < -0.4 is 0 Å². The van der Waals surface area contributed by atoms with Gasteiger partial charge in [0.05, 0.1) is 11.1 Å². The van der Waals surface area contributed by atoms with Gasteiger partial charge >= 0.3 is 0 Å². The highest BCUT2D eigenvalue weighted by molar-refractivity contribution is 5.83. The van der Waals surface area contributed by atoms with Crippen LogP contribution in [0.15, 0.2) is 53.7 Å². The highest BCUT2D eigenvalue weighted by Gasteiger charge is 2.09. The molecule has 0 saturated heterocycles. The fourth-order valence-corrected chi connectivity index (χ4v) is 1.66. The van der Waals surface area contributed by atoms with Crippen LogP contribution in [0.1, 0.15) is 16.7 Å². The number of hydrogen-bond acceptors (Lipinski definition) is 4. The van der Waals surface area contributed by atoms with Crippen LogP contribution in [0.3, 0.4) is 0 Å². The second kappa shape index (κ2) is 6.16. The van der Waals surface area contributed by atoms with Gasteiger partial charge in [-0.05, 0) is 12.1 Å². The molecule has 0 aliphatic rings. The van der Waals surface area contributed by atoms with Gasteiger partial charge in [0.2, 0.25) is 0 Å². The summed E-state index contributed by atoms with van der Waals surface area (Å²) >= 11 is 0. The Labute approximate surface area is 115 Å². The molecule has 1 N–H and O–H groups in total. The molecule has 98 valence electrons. The van der Waals surface area contributed by atoms with Gasteiger partial charge in [-0.15, -0.1) is 0 Å². The molecule has 0 fully saturated rings. The van der Waals surface area contributed by atoms with Crippen molar-refractivity contribution in [1.82, 2.24) is 0 Å². The Morgan fingerprint density at radius 2 is 1.65 bits per heavy atom. The van der Waals surface area contributed by atoms with Gasteiger partial charge in [-0.1, -0.05) is 47.3 Å². The molecule has 0 aromatic heterocycles. The third-order valence-electron chi connectivity index (χ3n) is 2.59. The van der Waals surface area contributed by atoms with Crippen molar-refractivity contribution in [3.05, 3.63) is 75.3 Å². The maximum absolute atomic E-state index is 10.9. The third kappa shape index (κ3) is 3.00. The van der Waals surface area contributed by atoms with E-state index in [0.29, 0.717) is 16.7 Å². The molecule has 2 aromatic carbocycles. The van der Waals surface area contributed by atoms with E-state index in [0.717, 1.165) is 0 Å². The summed E-state index contributed by atoms with van der Waals surface area (Å²) in [5.74, 6) is 5.63. The highest BCUT2D eigenvalue weighted by Crippen LogP contribution is 2.16. The molecule has 0 radical (unpaired) electrons. The predicted octanol–water partition coefficient (Wildman–Crippen LogP) is 2.80. The molecule has 0 amide bonds. The van der Waals surface area contributed by atoms with Crippen LogP contribution in [0.25, 0.3) is 0 Å². The lowest BCUT2D eigenvalue weighted by Gasteiger charge is -1.96. The summed E-state index contributed by atoms with van der Waals surface area (Å²) in [4.78, 5) is 10.4. The summed E-state index contributed by atoms with van der Waals surface area (Å²) in [7, 11) is 0. The molecular weight excluding hydrogens is 256 g/mol. The number of nitro groups is 1. The number of benzene rings is 2. The van der Waals surface area contributed by atoms with E-state index in [-0.39, 0.29) is 5.69 Å². The van der Waals surface area contributed by atoms with Gasteiger partial charge in [0.15, 0.2) is 0 Å². The van der Waals surface area contributed by atoms with Crippen molar-refractivity contribution in [2.24, 2.45) is 5.16 Å². The number of rotatable bonds is 2. The van der Waals surface area contributed by atoms with Gasteiger partial charge in [0.1, 0.15) is 5.56 Å². The molecule has 5 heteroatoms. The first-order valence-corrected chi connectivity index (χ1v) is 5.74. The SMILES string of the molecule is O=[N+]([O-])c1ccccc1C#Cc1ccccc1/C=N/O. The quantitative estimate of drug-likeness (QED) is 0.298. The van der Waals surface area contributed by atoms with Crippen LogP contribution in [0.2, 0.25) is 0 Å². The first-order valence-electron chi connectivity index (χ1n) is 5.74. The maximum atomic E-state index is 10.9. The Bertz CT molecular complexity index is 727. The predicted molar refractivity (Wildman–Crippen MR) is 74.9 cm³/mol. The molecule has 5 nitrogen and oxygen atoms in total. The first-order chi connectivity index (χ1) is 9.72. The summed E-state index contributed by atoms with van der Waals surface area (Å²) in [6.45, 7) is 0. The van der Waals surface area contributed by atoms with Crippen LogP contribution in [0.5, 0.6) is 0 Å². The highest BCUT2D eigenvalue weighted by atomic mass is 16.6. The van der Waals surface area contributed by atoms with E-state index in [4.69, 9.17) is 5.21 Å². The van der Waals surface area contributed by atoms with E-state index >= 15 is 0 Å². The standard InChI is InChI=1S/C15H10N2O3/c18-16-11-14-7-2-1-5-12(14)9-10-13-6-3-4-8-15(13)17(19)20/h1-8,11,18H/b16-11+. The van der Waals surface area contributed by atoms with Crippen molar-refractivity contribution < 1.29 is 10.1 Å². The summed E-state index contributed by atoms with van der Waals surface area (Å²) < 4.78 is 0. The lowest BCUT2D eigenvalue weighted by Crippen LogP contribution is -1.92. The van der Waals surface area contributed by atoms with Gasteiger partial charge in [0.25, 0.3) is 5.69 Å². The van der Waals surface area contributed by atoms with Crippen LogP contribution >= 0.6 is 0 Å². The smallest absolute Gasteiger partial charge is 0.284 e. The van der Waals surface area contributed by atoms with Crippen molar-refractivity contribution in [2.75, 3.05) is 0 Å². The van der Waals surface area contributed by atoms with Crippen molar-refractivity contribution in [2.45, 2.75) is 0 Å². The molecular formula is C15H10N2O3.